The van der Waals surface area contributed by atoms with Crippen molar-refractivity contribution in [3.63, 3.8) is 0 Å². The fraction of sp³-hybridized carbons (Fsp3) is 0.400. The minimum Gasteiger partial charge on any atom is -0.370 e. The molecule has 17 heavy (non-hydrogen) atoms. The van der Waals surface area contributed by atoms with Gasteiger partial charge in [-0.25, -0.2) is 4.98 Å². The SMILES string of the molecule is CCCNc1nccc2ccc(C3CC3)cc12. The molecule has 0 atom stereocenters. The van der Waals surface area contributed by atoms with E-state index >= 15 is 0 Å². The highest BCUT2D eigenvalue weighted by Crippen LogP contribution is 2.41. The Hall–Kier alpha value is -1.57. The van der Waals surface area contributed by atoms with Gasteiger partial charge in [0, 0.05) is 18.1 Å². The molecule has 1 saturated carbocycles. The second-order valence-corrected chi connectivity index (χ2v) is 4.84. The third-order valence-electron chi connectivity index (χ3n) is 3.38. The lowest BCUT2D eigenvalue weighted by atomic mass is 10.1. The van der Waals surface area contributed by atoms with E-state index in [2.05, 4.69) is 41.5 Å². The van der Waals surface area contributed by atoms with E-state index in [1.807, 2.05) is 6.20 Å². The molecule has 0 spiro atoms. The predicted molar refractivity (Wildman–Crippen MR) is 72.5 cm³/mol. The summed E-state index contributed by atoms with van der Waals surface area (Å²) in [6, 6.07) is 8.90. The summed E-state index contributed by atoms with van der Waals surface area (Å²) in [4.78, 5) is 4.45. The number of nitrogens with zero attached hydrogens (tertiary/aromatic N) is 1. The maximum Gasteiger partial charge on any atom is 0.133 e. The molecule has 3 rings (SSSR count). The lowest BCUT2D eigenvalue weighted by molar-refractivity contribution is 0.972. The number of fused-ring (bicyclic) bond motifs is 1. The Bertz CT molecular complexity index is 529. The minimum atomic E-state index is 0.804. The Morgan fingerprint density at radius 1 is 1.29 bits per heavy atom. The maximum atomic E-state index is 4.45. The number of nitrogens with one attached hydrogen (secondary N) is 1. The third-order valence-corrected chi connectivity index (χ3v) is 3.38. The molecule has 1 N–H and O–H groups in total. The summed E-state index contributed by atoms with van der Waals surface area (Å²) >= 11 is 0. The van der Waals surface area contributed by atoms with Gasteiger partial charge in [-0.1, -0.05) is 19.1 Å². The molecule has 0 radical (unpaired) electrons. The first-order valence-electron chi connectivity index (χ1n) is 6.51. The van der Waals surface area contributed by atoms with Gasteiger partial charge >= 0.3 is 0 Å². The van der Waals surface area contributed by atoms with Gasteiger partial charge in [-0.05, 0) is 48.3 Å². The van der Waals surface area contributed by atoms with Crippen molar-refractivity contribution in [1.29, 1.82) is 0 Å². The number of rotatable bonds is 4. The van der Waals surface area contributed by atoms with Crippen molar-refractivity contribution in [1.82, 2.24) is 4.98 Å². The van der Waals surface area contributed by atoms with Gasteiger partial charge in [0.05, 0.1) is 0 Å². The quantitative estimate of drug-likeness (QED) is 0.854. The highest BCUT2D eigenvalue weighted by Gasteiger charge is 2.23. The fourth-order valence-electron chi connectivity index (χ4n) is 2.24. The van der Waals surface area contributed by atoms with Gasteiger partial charge in [0.25, 0.3) is 0 Å². The standard InChI is InChI=1S/C15H18N2/c1-2-8-16-15-14-10-13(11-3-4-11)6-5-12(14)7-9-17-15/h5-7,9-11H,2-4,8H2,1H3,(H,16,17). The van der Waals surface area contributed by atoms with E-state index in [-0.39, 0.29) is 0 Å². The van der Waals surface area contributed by atoms with Crippen LogP contribution in [0, 0.1) is 0 Å². The summed E-state index contributed by atoms with van der Waals surface area (Å²) < 4.78 is 0. The number of hydrogen-bond acceptors (Lipinski definition) is 2. The molecule has 0 saturated heterocycles. The zero-order valence-corrected chi connectivity index (χ0v) is 10.2. The second kappa shape index (κ2) is 4.36. The zero-order chi connectivity index (χ0) is 11.7. The molecular formula is C15H18N2. The first-order chi connectivity index (χ1) is 8.38. The summed E-state index contributed by atoms with van der Waals surface area (Å²) in [6.45, 7) is 3.16. The van der Waals surface area contributed by atoms with E-state index < -0.39 is 0 Å². The van der Waals surface area contributed by atoms with Crippen molar-refractivity contribution in [2.75, 3.05) is 11.9 Å². The largest absolute Gasteiger partial charge is 0.370 e. The van der Waals surface area contributed by atoms with Gasteiger partial charge in [-0.2, -0.15) is 0 Å². The van der Waals surface area contributed by atoms with Crippen LogP contribution in [0.15, 0.2) is 30.5 Å². The Morgan fingerprint density at radius 2 is 2.18 bits per heavy atom. The fourth-order valence-corrected chi connectivity index (χ4v) is 2.24. The summed E-state index contributed by atoms with van der Waals surface area (Å²) in [5, 5.41) is 5.96. The van der Waals surface area contributed by atoms with Gasteiger partial charge < -0.3 is 5.32 Å². The Labute approximate surface area is 102 Å². The molecule has 1 aliphatic rings. The van der Waals surface area contributed by atoms with Crippen LogP contribution in [-0.4, -0.2) is 11.5 Å². The van der Waals surface area contributed by atoms with E-state index in [1.54, 1.807) is 0 Å². The summed E-state index contributed by atoms with van der Waals surface area (Å²) in [5.41, 5.74) is 1.48. The van der Waals surface area contributed by atoms with Crippen LogP contribution in [0.25, 0.3) is 10.8 Å². The first-order valence-corrected chi connectivity index (χ1v) is 6.51. The first kappa shape index (κ1) is 10.6. The molecule has 0 bridgehead atoms. The second-order valence-electron chi connectivity index (χ2n) is 4.84. The monoisotopic (exact) mass is 226 g/mol. The summed E-state index contributed by atoms with van der Waals surface area (Å²) in [7, 11) is 0. The molecule has 1 heterocycles. The van der Waals surface area contributed by atoms with Crippen molar-refractivity contribution < 1.29 is 0 Å². The normalized spacial score (nSPS) is 15.1. The highest BCUT2D eigenvalue weighted by molar-refractivity contribution is 5.92. The van der Waals surface area contributed by atoms with Gasteiger partial charge in [0.2, 0.25) is 0 Å². The maximum absolute atomic E-state index is 4.45. The number of aromatic nitrogens is 1. The van der Waals surface area contributed by atoms with Gasteiger partial charge in [-0.15, -0.1) is 0 Å². The third kappa shape index (κ3) is 2.12. The van der Waals surface area contributed by atoms with E-state index in [1.165, 1.54) is 29.2 Å². The zero-order valence-electron chi connectivity index (χ0n) is 10.2. The predicted octanol–water partition coefficient (Wildman–Crippen LogP) is 3.93. The Kier molecular flexibility index (Phi) is 2.71. The summed E-state index contributed by atoms with van der Waals surface area (Å²) in [5.74, 6) is 1.84. The molecule has 2 nitrogen and oxygen atoms in total. The minimum absolute atomic E-state index is 0.804. The van der Waals surface area contributed by atoms with Crippen LogP contribution in [-0.2, 0) is 0 Å². The van der Waals surface area contributed by atoms with Crippen LogP contribution in [0.4, 0.5) is 5.82 Å². The van der Waals surface area contributed by atoms with Crippen LogP contribution >= 0.6 is 0 Å². The molecule has 0 amide bonds. The molecule has 1 aromatic carbocycles. The molecule has 1 aromatic heterocycles. The van der Waals surface area contributed by atoms with Gasteiger partial charge in [0.1, 0.15) is 5.82 Å². The molecule has 88 valence electrons. The van der Waals surface area contributed by atoms with E-state index in [9.17, 15) is 0 Å². The lowest BCUT2D eigenvalue weighted by Crippen LogP contribution is -2.02. The van der Waals surface area contributed by atoms with Crippen LogP contribution in [0.5, 0.6) is 0 Å². The lowest BCUT2D eigenvalue weighted by Gasteiger charge is -2.09. The van der Waals surface area contributed by atoms with Crippen molar-refractivity contribution in [2.45, 2.75) is 32.1 Å². The van der Waals surface area contributed by atoms with Gasteiger partial charge in [-0.3, -0.25) is 0 Å². The highest BCUT2D eigenvalue weighted by atomic mass is 15.0. The molecule has 1 aliphatic carbocycles. The molecule has 2 heteroatoms. The van der Waals surface area contributed by atoms with Crippen molar-refractivity contribution >= 4 is 16.6 Å². The van der Waals surface area contributed by atoms with E-state index in [4.69, 9.17) is 0 Å². The Balaban J connectivity index is 2.03. The van der Waals surface area contributed by atoms with E-state index in [0.29, 0.717) is 0 Å². The molecule has 0 unspecified atom stereocenters. The Morgan fingerprint density at radius 3 is 2.94 bits per heavy atom. The number of anilines is 1. The van der Waals surface area contributed by atoms with Crippen LogP contribution in [0.2, 0.25) is 0 Å². The van der Waals surface area contributed by atoms with Crippen molar-refractivity contribution in [3.8, 4) is 0 Å². The van der Waals surface area contributed by atoms with Gasteiger partial charge in [0.15, 0.2) is 0 Å². The van der Waals surface area contributed by atoms with Crippen molar-refractivity contribution in [2.24, 2.45) is 0 Å². The number of hydrogen-bond donors (Lipinski definition) is 1. The van der Waals surface area contributed by atoms with Crippen LogP contribution < -0.4 is 5.32 Å². The number of pyridine rings is 1. The molecule has 2 aromatic rings. The average Bonchev–Trinajstić information content (AvgIpc) is 3.20. The molecular weight excluding hydrogens is 208 g/mol. The smallest absolute Gasteiger partial charge is 0.133 e. The topological polar surface area (TPSA) is 24.9 Å². The molecule has 0 aliphatic heterocycles. The molecule has 1 fully saturated rings. The van der Waals surface area contributed by atoms with E-state index in [0.717, 1.165) is 24.7 Å². The average molecular weight is 226 g/mol. The van der Waals surface area contributed by atoms with Crippen LogP contribution in [0.1, 0.15) is 37.7 Å². The summed E-state index contributed by atoms with van der Waals surface area (Å²) in [6.07, 6.45) is 5.71. The van der Waals surface area contributed by atoms with Crippen LogP contribution in [0.3, 0.4) is 0 Å². The number of benzene rings is 1. The van der Waals surface area contributed by atoms with Crippen molar-refractivity contribution in [3.05, 3.63) is 36.0 Å².